The SMILES string of the molecule is CCOC(=O)C1=C(CSc2nc(C)cc(C)c2C#N)OC(N)=C(C#N)[C@H]1c1ccc(OC)cc1. The fourth-order valence-corrected chi connectivity index (χ4v) is 4.71. The number of allylic oxidation sites excluding steroid dienone is 1. The van der Waals surface area contributed by atoms with E-state index in [9.17, 15) is 15.3 Å². The number of pyridine rings is 1. The van der Waals surface area contributed by atoms with Crippen molar-refractivity contribution in [1.82, 2.24) is 4.98 Å². The number of benzene rings is 1. The highest BCUT2D eigenvalue weighted by Crippen LogP contribution is 2.41. The first-order chi connectivity index (χ1) is 16.3. The predicted octanol–water partition coefficient (Wildman–Crippen LogP) is 4.00. The van der Waals surface area contributed by atoms with Gasteiger partial charge in [0.1, 0.15) is 34.2 Å². The van der Waals surface area contributed by atoms with Gasteiger partial charge < -0.3 is 19.9 Å². The third kappa shape index (κ3) is 5.00. The molecule has 0 radical (unpaired) electrons. The van der Waals surface area contributed by atoms with Crippen LogP contribution < -0.4 is 10.5 Å². The number of nitrogens with zero attached hydrogens (tertiary/aromatic N) is 3. The average Bonchev–Trinajstić information content (AvgIpc) is 2.82. The Morgan fingerprint density at radius 3 is 2.53 bits per heavy atom. The molecule has 1 aliphatic rings. The summed E-state index contributed by atoms with van der Waals surface area (Å²) in [5.74, 6) is -0.416. The highest BCUT2D eigenvalue weighted by atomic mass is 32.2. The molecule has 0 spiro atoms. The van der Waals surface area contributed by atoms with Gasteiger partial charge in [-0.15, -0.1) is 0 Å². The maximum absolute atomic E-state index is 13.1. The summed E-state index contributed by atoms with van der Waals surface area (Å²) in [5, 5.41) is 19.9. The second-order valence-corrected chi connectivity index (χ2v) is 8.38. The number of ether oxygens (including phenoxy) is 3. The Bertz CT molecular complexity index is 1250. The Hall–Kier alpha value is -3.95. The topological polar surface area (TPSA) is 131 Å². The molecule has 1 atom stereocenters. The lowest BCUT2D eigenvalue weighted by atomic mass is 9.83. The Morgan fingerprint density at radius 1 is 1.24 bits per heavy atom. The van der Waals surface area contributed by atoms with E-state index < -0.39 is 11.9 Å². The number of carbonyl (C=O) groups is 1. The Kier molecular flexibility index (Phi) is 7.83. The van der Waals surface area contributed by atoms with Crippen LogP contribution in [0.2, 0.25) is 0 Å². The molecule has 9 heteroatoms. The van der Waals surface area contributed by atoms with E-state index >= 15 is 0 Å². The molecule has 0 unspecified atom stereocenters. The van der Waals surface area contributed by atoms with Crippen molar-refractivity contribution in [3.8, 4) is 17.9 Å². The molecule has 2 aromatic rings. The monoisotopic (exact) mass is 476 g/mol. The van der Waals surface area contributed by atoms with Gasteiger partial charge in [-0.2, -0.15) is 10.5 Å². The van der Waals surface area contributed by atoms with Crippen molar-refractivity contribution in [2.45, 2.75) is 31.7 Å². The maximum Gasteiger partial charge on any atom is 0.338 e. The van der Waals surface area contributed by atoms with Gasteiger partial charge in [-0.05, 0) is 50.1 Å². The van der Waals surface area contributed by atoms with Crippen molar-refractivity contribution in [1.29, 1.82) is 10.5 Å². The minimum absolute atomic E-state index is 0.0825. The van der Waals surface area contributed by atoms with Crippen LogP contribution in [0.15, 0.2) is 58.1 Å². The molecule has 0 saturated heterocycles. The van der Waals surface area contributed by atoms with Crippen LogP contribution in [-0.2, 0) is 14.3 Å². The lowest BCUT2D eigenvalue weighted by Crippen LogP contribution is -2.27. The number of nitriles is 2. The molecule has 0 saturated carbocycles. The number of nitrogens with two attached hydrogens (primary N) is 1. The molecule has 2 N–H and O–H groups in total. The fourth-order valence-electron chi connectivity index (χ4n) is 3.66. The molecule has 34 heavy (non-hydrogen) atoms. The number of esters is 1. The summed E-state index contributed by atoms with van der Waals surface area (Å²) in [6.07, 6.45) is 0. The molecule has 1 aromatic heterocycles. The van der Waals surface area contributed by atoms with Gasteiger partial charge in [-0.3, -0.25) is 0 Å². The zero-order chi connectivity index (χ0) is 24.8. The van der Waals surface area contributed by atoms with E-state index in [1.165, 1.54) is 11.8 Å². The smallest absolute Gasteiger partial charge is 0.338 e. The van der Waals surface area contributed by atoms with Crippen LogP contribution in [0.25, 0.3) is 0 Å². The van der Waals surface area contributed by atoms with Crippen molar-refractivity contribution in [2.24, 2.45) is 5.73 Å². The molecule has 2 heterocycles. The standard InChI is InChI=1S/C25H24N4O4S/c1-5-32-25(30)22-20(13-34-24-18(11-26)14(2)10-15(3)29-24)33-23(28)19(12-27)21(22)16-6-8-17(31-4)9-7-16/h6-10,21H,5,13,28H2,1-4H3/t21-/m1/s1. The van der Waals surface area contributed by atoms with Gasteiger partial charge in [-0.25, -0.2) is 9.78 Å². The summed E-state index contributed by atoms with van der Waals surface area (Å²) in [4.78, 5) is 17.6. The molecule has 3 rings (SSSR count). The zero-order valence-electron chi connectivity index (χ0n) is 19.3. The number of rotatable bonds is 7. The van der Waals surface area contributed by atoms with E-state index in [1.54, 1.807) is 38.3 Å². The number of hydrogen-bond donors (Lipinski definition) is 1. The lowest BCUT2D eigenvalue weighted by molar-refractivity contribution is -0.139. The van der Waals surface area contributed by atoms with Crippen LogP contribution in [0.1, 0.15) is 35.2 Å². The summed E-state index contributed by atoms with van der Waals surface area (Å²) < 4.78 is 16.3. The van der Waals surface area contributed by atoms with E-state index in [4.69, 9.17) is 19.9 Å². The Labute approximate surface area is 202 Å². The van der Waals surface area contributed by atoms with Crippen LogP contribution in [0.5, 0.6) is 5.75 Å². The average molecular weight is 477 g/mol. The lowest BCUT2D eigenvalue weighted by Gasteiger charge is -2.28. The Balaban J connectivity index is 2.11. The quantitative estimate of drug-likeness (QED) is 0.465. The number of aromatic nitrogens is 1. The summed E-state index contributed by atoms with van der Waals surface area (Å²) in [6, 6.07) is 13.1. The molecule has 0 aliphatic carbocycles. The highest BCUT2D eigenvalue weighted by molar-refractivity contribution is 7.99. The normalized spacial score (nSPS) is 15.3. The van der Waals surface area contributed by atoms with Crippen LogP contribution >= 0.6 is 11.8 Å². The number of thioether (sulfide) groups is 1. The number of methoxy groups -OCH3 is 1. The van der Waals surface area contributed by atoms with Crippen LogP contribution in [-0.4, -0.2) is 30.4 Å². The first kappa shape index (κ1) is 24.7. The van der Waals surface area contributed by atoms with Gasteiger partial charge in [0.15, 0.2) is 0 Å². The van der Waals surface area contributed by atoms with Gasteiger partial charge in [0.2, 0.25) is 5.88 Å². The van der Waals surface area contributed by atoms with Gasteiger partial charge in [0, 0.05) is 5.69 Å². The second kappa shape index (κ2) is 10.8. The third-order valence-electron chi connectivity index (χ3n) is 5.20. The summed E-state index contributed by atoms with van der Waals surface area (Å²) >= 11 is 1.25. The second-order valence-electron chi connectivity index (χ2n) is 7.42. The summed E-state index contributed by atoms with van der Waals surface area (Å²) in [7, 11) is 1.55. The van der Waals surface area contributed by atoms with Crippen LogP contribution in [0, 0.1) is 36.5 Å². The number of hydrogen-bond acceptors (Lipinski definition) is 9. The van der Waals surface area contributed by atoms with E-state index in [0.717, 1.165) is 11.3 Å². The van der Waals surface area contributed by atoms with Gasteiger partial charge in [0.25, 0.3) is 0 Å². The predicted molar refractivity (Wildman–Crippen MR) is 126 cm³/mol. The minimum atomic E-state index is -0.776. The largest absolute Gasteiger partial charge is 0.497 e. The summed E-state index contributed by atoms with van der Waals surface area (Å²) in [5.41, 5.74) is 9.12. The van der Waals surface area contributed by atoms with E-state index in [2.05, 4.69) is 17.1 Å². The third-order valence-corrected chi connectivity index (χ3v) is 6.18. The summed E-state index contributed by atoms with van der Waals surface area (Å²) in [6.45, 7) is 5.54. The van der Waals surface area contributed by atoms with E-state index in [0.29, 0.717) is 21.9 Å². The Morgan fingerprint density at radius 2 is 1.94 bits per heavy atom. The zero-order valence-corrected chi connectivity index (χ0v) is 20.2. The number of carbonyl (C=O) groups excluding carboxylic acids is 1. The highest BCUT2D eigenvalue weighted by Gasteiger charge is 2.37. The maximum atomic E-state index is 13.1. The molecule has 0 bridgehead atoms. The van der Waals surface area contributed by atoms with Crippen molar-refractivity contribution < 1.29 is 19.0 Å². The van der Waals surface area contributed by atoms with Crippen molar-refractivity contribution >= 4 is 17.7 Å². The van der Waals surface area contributed by atoms with Crippen molar-refractivity contribution in [3.63, 3.8) is 0 Å². The van der Waals surface area contributed by atoms with Crippen LogP contribution in [0.4, 0.5) is 0 Å². The first-order valence-electron chi connectivity index (χ1n) is 10.5. The number of aryl methyl sites for hydroxylation is 2. The van der Waals surface area contributed by atoms with E-state index in [1.807, 2.05) is 19.9 Å². The molecule has 1 aliphatic heterocycles. The van der Waals surface area contributed by atoms with Crippen LogP contribution in [0.3, 0.4) is 0 Å². The van der Waals surface area contributed by atoms with Gasteiger partial charge in [-0.1, -0.05) is 23.9 Å². The van der Waals surface area contributed by atoms with E-state index in [-0.39, 0.29) is 35.1 Å². The molecule has 0 amide bonds. The molecule has 1 aromatic carbocycles. The molecular formula is C25H24N4O4S. The molecule has 8 nitrogen and oxygen atoms in total. The molecular weight excluding hydrogens is 452 g/mol. The minimum Gasteiger partial charge on any atom is -0.497 e. The van der Waals surface area contributed by atoms with Gasteiger partial charge >= 0.3 is 5.97 Å². The van der Waals surface area contributed by atoms with Crippen molar-refractivity contribution in [2.75, 3.05) is 19.5 Å². The molecule has 174 valence electrons. The van der Waals surface area contributed by atoms with Gasteiger partial charge in [0.05, 0.1) is 36.5 Å². The van der Waals surface area contributed by atoms with Crippen molar-refractivity contribution in [3.05, 3.63) is 75.5 Å². The fraction of sp³-hybridized carbons (Fsp3) is 0.280. The first-order valence-corrected chi connectivity index (χ1v) is 11.5. The molecule has 0 fully saturated rings.